The molecule has 0 bridgehead atoms. The van der Waals surface area contributed by atoms with Crippen molar-refractivity contribution in [3.05, 3.63) is 120 Å². The Kier molecular flexibility index (Phi) is 8.07. The van der Waals surface area contributed by atoms with Crippen LogP contribution in [0.4, 0.5) is 0 Å². The zero-order chi connectivity index (χ0) is 29.1. The number of aromatic hydroxyl groups is 1. The van der Waals surface area contributed by atoms with Crippen LogP contribution < -0.4 is 24.4 Å². The number of methoxy groups -OCH3 is 1. The van der Waals surface area contributed by atoms with Crippen molar-refractivity contribution in [1.82, 2.24) is 4.57 Å². The zero-order valence-electron chi connectivity index (χ0n) is 23.2. The van der Waals surface area contributed by atoms with Crippen molar-refractivity contribution in [2.75, 3.05) is 7.11 Å². The van der Waals surface area contributed by atoms with Crippen LogP contribution in [0.1, 0.15) is 43.5 Å². The van der Waals surface area contributed by atoms with Gasteiger partial charge in [0, 0.05) is 0 Å². The van der Waals surface area contributed by atoms with Crippen LogP contribution >= 0.6 is 11.3 Å². The van der Waals surface area contributed by atoms with Gasteiger partial charge >= 0.3 is 5.97 Å². The Morgan fingerprint density at radius 2 is 1.83 bits per heavy atom. The lowest BCUT2D eigenvalue weighted by molar-refractivity contribution is -0.143. The topological polar surface area (TPSA) is 99.4 Å². The third-order valence-electron chi connectivity index (χ3n) is 6.53. The highest BCUT2D eigenvalue weighted by Crippen LogP contribution is 2.32. The van der Waals surface area contributed by atoms with Gasteiger partial charge in [0.1, 0.15) is 12.4 Å². The van der Waals surface area contributed by atoms with E-state index in [1.54, 1.807) is 39.0 Å². The molecule has 1 aromatic heterocycles. The van der Waals surface area contributed by atoms with Crippen molar-refractivity contribution in [2.45, 2.75) is 39.5 Å². The number of carbonyl (C=O) groups is 1. The second-order valence-corrected chi connectivity index (χ2v) is 10.8. The van der Waals surface area contributed by atoms with Crippen LogP contribution in [0.15, 0.2) is 93.9 Å². The van der Waals surface area contributed by atoms with Crippen molar-refractivity contribution in [3.8, 4) is 17.2 Å². The van der Waals surface area contributed by atoms with Crippen molar-refractivity contribution in [1.29, 1.82) is 0 Å². The number of hydrogen-bond acceptors (Lipinski definition) is 8. The number of hydrogen-bond donors (Lipinski definition) is 1. The Labute approximate surface area is 241 Å². The third kappa shape index (κ3) is 5.95. The van der Waals surface area contributed by atoms with Crippen molar-refractivity contribution >= 4 is 23.4 Å². The number of ether oxygens (including phenoxy) is 3. The fourth-order valence-electron chi connectivity index (χ4n) is 4.60. The van der Waals surface area contributed by atoms with Gasteiger partial charge in [-0.3, -0.25) is 9.36 Å². The van der Waals surface area contributed by atoms with Gasteiger partial charge in [0.15, 0.2) is 16.3 Å². The molecule has 0 aliphatic carbocycles. The van der Waals surface area contributed by atoms with Gasteiger partial charge < -0.3 is 19.3 Å². The van der Waals surface area contributed by atoms with Crippen LogP contribution in [-0.4, -0.2) is 28.9 Å². The molecule has 2 heterocycles. The molecule has 1 N–H and O–H groups in total. The molecule has 0 amide bonds. The number of rotatable bonds is 8. The molecule has 3 aromatic carbocycles. The minimum atomic E-state index is -0.739. The first-order chi connectivity index (χ1) is 19.7. The molecule has 1 atom stereocenters. The molecule has 9 heteroatoms. The van der Waals surface area contributed by atoms with Gasteiger partial charge in [-0.2, -0.15) is 0 Å². The molecule has 0 fully saturated rings. The summed E-state index contributed by atoms with van der Waals surface area (Å²) in [6.45, 7) is 5.73. The van der Waals surface area contributed by atoms with Crippen LogP contribution in [-0.2, 0) is 16.1 Å². The molecule has 1 unspecified atom stereocenters. The van der Waals surface area contributed by atoms with Crippen LogP contribution in [0.5, 0.6) is 17.2 Å². The summed E-state index contributed by atoms with van der Waals surface area (Å²) in [4.78, 5) is 32.3. The van der Waals surface area contributed by atoms with Gasteiger partial charge in [-0.1, -0.05) is 59.9 Å². The second-order valence-electron chi connectivity index (χ2n) is 9.81. The lowest BCUT2D eigenvalue weighted by atomic mass is 9.96. The maximum atomic E-state index is 13.8. The predicted molar refractivity (Wildman–Crippen MR) is 157 cm³/mol. The van der Waals surface area contributed by atoms with Gasteiger partial charge in [0.05, 0.1) is 35.1 Å². The molecule has 1 aliphatic rings. The summed E-state index contributed by atoms with van der Waals surface area (Å²) in [5.41, 5.74) is 2.95. The fourth-order valence-corrected chi connectivity index (χ4v) is 5.64. The van der Waals surface area contributed by atoms with Gasteiger partial charge in [0.25, 0.3) is 5.56 Å². The number of nitrogens with zero attached hydrogens (tertiary/aromatic N) is 2. The van der Waals surface area contributed by atoms with E-state index in [1.807, 2.05) is 54.6 Å². The molecular weight excluding hydrogens is 540 g/mol. The third-order valence-corrected chi connectivity index (χ3v) is 7.51. The molecule has 4 aromatic rings. The van der Waals surface area contributed by atoms with Crippen molar-refractivity contribution < 1.29 is 24.1 Å². The minimum Gasteiger partial charge on any atom is -0.504 e. The van der Waals surface area contributed by atoms with E-state index in [4.69, 9.17) is 14.2 Å². The Morgan fingerprint density at radius 3 is 2.51 bits per heavy atom. The highest BCUT2D eigenvalue weighted by molar-refractivity contribution is 7.07. The molecule has 0 saturated heterocycles. The summed E-state index contributed by atoms with van der Waals surface area (Å²) in [6, 6.07) is 21.4. The van der Waals surface area contributed by atoms with E-state index < -0.39 is 12.0 Å². The number of aromatic nitrogens is 1. The maximum absolute atomic E-state index is 13.8. The highest BCUT2D eigenvalue weighted by atomic mass is 32.1. The van der Waals surface area contributed by atoms with Crippen molar-refractivity contribution in [2.24, 2.45) is 4.99 Å². The largest absolute Gasteiger partial charge is 0.504 e. The monoisotopic (exact) mass is 570 g/mol. The first-order valence-electron chi connectivity index (χ1n) is 13.1. The number of phenolic OH excluding ortho intramolecular Hbond substituents is 1. The maximum Gasteiger partial charge on any atom is 0.338 e. The van der Waals surface area contributed by atoms with Crippen LogP contribution in [0.3, 0.4) is 0 Å². The molecule has 5 rings (SSSR count). The Hall–Kier alpha value is -4.63. The average molecular weight is 571 g/mol. The quantitative estimate of drug-likeness (QED) is 0.314. The average Bonchev–Trinajstić information content (AvgIpc) is 3.26. The van der Waals surface area contributed by atoms with Crippen molar-refractivity contribution in [3.63, 3.8) is 0 Å². The van der Waals surface area contributed by atoms with E-state index in [2.05, 4.69) is 4.99 Å². The first kappa shape index (κ1) is 27.9. The Balaban J connectivity index is 1.57. The van der Waals surface area contributed by atoms with Gasteiger partial charge in [-0.05, 0) is 67.8 Å². The first-order valence-corrected chi connectivity index (χ1v) is 13.9. The van der Waals surface area contributed by atoms with Crippen LogP contribution in [0.2, 0.25) is 0 Å². The molecule has 41 heavy (non-hydrogen) atoms. The number of phenols is 1. The van der Waals surface area contributed by atoms with Crippen LogP contribution in [0, 0.1) is 0 Å². The predicted octanol–water partition coefficient (Wildman–Crippen LogP) is 4.48. The van der Waals surface area contributed by atoms with E-state index in [1.165, 1.54) is 29.1 Å². The summed E-state index contributed by atoms with van der Waals surface area (Å²) >= 11 is 1.23. The number of fused-ring (bicyclic) bond motifs is 1. The Morgan fingerprint density at radius 1 is 1.10 bits per heavy atom. The lowest BCUT2D eigenvalue weighted by Crippen LogP contribution is -2.40. The Bertz CT molecular complexity index is 1790. The van der Waals surface area contributed by atoms with E-state index >= 15 is 0 Å². The highest BCUT2D eigenvalue weighted by Gasteiger charge is 2.33. The van der Waals surface area contributed by atoms with Crippen LogP contribution in [0.25, 0.3) is 6.08 Å². The number of thiazole rings is 1. The van der Waals surface area contributed by atoms with Gasteiger partial charge in [0.2, 0.25) is 0 Å². The molecule has 210 valence electrons. The molecule has 0 saturated carbocycles. The van der Waals surface area contributed by atoms with Gasteiger partial charge in [-0.15, -0.1) is 0 Å². The molecular formula is C32H30N2O6S. The van der Waals surface area contributed by atoms with E-state index in [0.29, 0.717) is 44.3 Å². The van der Waals surface area contributed by atoms with Gasteiger partial charge in [-0.25, -0.2) is 9.79 Å². The minimum absolute atomic E-state index is 0.00577. The molecule has 0 spiro atoms. The lowest BCUT2D eigenvalue weighted by Gasteiger charge is -2.25. The smallest absolute Gasteiger partial charge is 0.338 e. The summed E-state index contributed by atoms with van der Waals surface area (Å²) < 4.78 is 18.7. The fraction of sp³-hybridized carbons (Fsp3) is 0.219. The standard InChI is InChI=1S/C32H30N2O6S/c1-19(2)40-31(37)28-20(3)33-32-34(30(36)27(41-32)17-22-10-15-25(35)26(16-22)38-4)29(28)23-11-13-24(14-12-23)39-18-21-8-6-5-7-9-21/h5-17,19,29,35H,18H2,1-4H3. The second kappa shape index (κ2) is 11.9. The molecule has 1 aliphatic heterocycles. The van der Waals surface area contributed by atoms with E-state index in [9.17, 15) is 14.7 Å². The normalized spacial score (nSPS) is 15.0. The molecule has 0 radical (unpaired) electrons. The number of benzene rings is 3. The SMILES string of the molecule is COc1cc(C=c2sc3n(c2=O)C(c2ccc(OCc4ccccc4)cc2)C(C(=O)OC(C)C)=C(C)N=3)ccc1O. The summed E-state index contributed by atoms with van der Waals surface area (Å²) in [5.74, 6) is 0.450. The number of allylic oxidation sites excluding steroid dienone is 1. The summed E-state index contributed by atoms with van der Waals surface area (Å²) in [7, 11) is 1.46. The van der Waals surface area contributed by atoms with E-state index in [-0.39, 0.29) is 17.4 Å². The summed E-state index contributed by atoms with van der Waals surface area (Å²) in [5, 5.41) is 9.96. The summed E-state index contributed by atoms with van der Waals surface area (Å²) in [6.07, 6.45) is 1.38. The number of carbonyl (C=O) groups excluding carboxylic acids is 1. The van der Waals surface area contributed by atoms with E-state index in [0.717, 1.165) is 11.1 Å². The number of esters is 1. The zero-order valence-corrected chi connectivity index (χ0v) is 24.0. The molecule has 8 nitrogen and oxygen atoms in total.